The fourth-order valence-corrected chi connectivity index (χ4v) is 3.12. The lowest BCUT2D eigenvalue weighted by Crippen LogP contribution is -2.08. The van der Waals surface area contributed by atoms with Crippen LogP contribution in [0.2, 0.25) is 0 Å². The third-order valence-corrected chi connectivity index (χ3v) is 4.54. The summed E-state index contributed by atoms with van der Waals surface area (Å²) in [6, 6.07) is 18.2. The van der Waals surface area contributed by atoms with Crippen molar-refractivity contribution in [2.45, 2.75) is 6.54 Å². The van der Waals surface area contributed by atoms with E-state index in [1.54, 1.807) is 6.20 Å². The number of benzene rings is 2. The number of para-hydroxylation sites is 1. The molecule has 2 heterocycles. The highest BCUT2D eigenvalue weighted by Gasteiger charge is 2.10. The minimum Gasteiger partial charge on any atom is -0.378 e. The van der Waals surface area contributed by atoms with Gasteiger partial charge in [0, 0.05) is 49.8 Å². The summed E-state index contributed by atoms with van der Waals surface area (Å²) in [5, 5.41) is 4.42. The molecule has 0 aliphatic heterocycles. The third-order valence-electron chi connectivity index (χ3n) is 4.54. The van der Waals surface area contributed by atoms with E-state index < -0.39 is 0 Å². The van der Waals surface area contributed by atoms with Gasteiger partial charge in [0.1, 0.15) is 5.82 Å². The Morgan fingerprint density at radius 3 is 2.56 bits per heavy atom. The number of fused-ring (bicyclic) bond motifs is 1. The molecular formula is C21H22N6. The lowest BCUT2D eigenvalue weighted by atomic mass is 10.2. The highest BCUT2D eigenvalue weighted by Crippen LogP contribution is 2.24. The minimum atomic E-state index is 0.488. The number of nitrogens with two attached hydrogens (primary N) is 1. The highest BCUT2D eigenvalue weighted by molar-refractivity contribution is 5.85. The van der Waals surface area contributed by atoms with Gasteiger partial charge in [0.2, 0.25) is 5.95 Å². The van der Waals surface area contributed by atoms with Crippen LogP contribution in [0, 0.1) is 0 Å². The molecule has 4 aromatic rings. The van der Waals surface area contributed by atoms with E-state index in [0.29, 0.717) is 12.5 Å². The van der Waals surface area contributed by atoms with Crippen molar-refractivity contribution >= 4 is 28.2 Å². The van der Waals surface area contributed by atoms with Gasteiger partial charge >= 0.3 is 0 Å². The van der Waals surface area contributed by atoms with Gasteiger partial charge in [-0.25, -0.2) is 4.98 Å². The van der Waals surface area contributed by atoms with Gasteiger partial charge in [0.15, 0.2) is 0 Å². The summed E-state index contributed by atoms with van der Waals surface area (Å²) in [6.45, 7) is 0.488. The van der Waals surface area contributed by atoms with Gasteiger partial charge < -0.3 is 20.5 Å². The van der Waals surface area contributed by atoms with Gasteiger partial charge in [-0.05, 0) is 42.0 Å². The van der Waals surface area contributed by atoms with Crippen molar-refractivity contribution in [1.29, 1.82) is 0 Å². The number of hydrogen-bond donors (Lipinski definition) is 2. The third kappa shape index (κ3) is 3.35. The Morgan fingerprint density at radius 1 is 1.04 bits per heavy atom. The molecule has 0 saturated heterocycles. The summed E-state index contributed by atoms with van der Waals surface area (Å²) in [5.74, 6) is 1.35. The van der Waals surface area contributed by atoms with Crippen LogP contribution < -0.4 is 16.0 Å². The average molecular weight is 358 g/mol. The zero-order valence-corrected chi connectivity index (χ0v) is 15.4. The molecule has 0 atom stereocenters. The van der Waals surface area contributed by atoms with Gasteiger partial charge in [0.25, 0.3) is 0 Å². The fourth-order valence-electron chi connectivity index (χ4n) is 3.12. The molecule has 27 heavy (non-hydrogen) atoms. The summed E-state index contributed by atoms with van der Waals surface area (Å²) in [7, 11) is 4.04. The molecule has 6 heteroatoms. The standard InChI is InChI=1S/C21H22N6/c1-26(2)17-9-7-16(8-10-17)24-21-23-12-11-20(25-21)27-14-15(13-22)18-5-3-4-6-19(18)27/h3-12,14H,13,22H2,1-2H3,(H,23,24,25). The maximum atomic E-state index is 5.91. The summed E-state index contributed by atoms with van der Waals surface area (Å²) >= 11 is 0. The molecule has 0 saturated carbocycles. The Morgan fingerprint density at radius 2 is 1.81 bits per heavy atom. The molecule has 136 valence electrons. The number of anilines is 3. The number of nitrogens with zero attached hydrogens (tertiary/aromatic N) is 4. The zero-order chi connectivity index (χ0) is 18.8. The number of nitrogens with one attached hydrogen (secondary N) is 1. The molecule has 0 bridgehead atoms. The van der Waals surface area contributed by atoms with E-state index in [1.165, 1.54) is 0 Å². The van der Waals surface area contributed by atoms with Crippen molar-refractivity contribution in [3.05, 3.63) is 72.6 Å². The first-order chi connectivity index (χ1) is 13.2. The first kappa shape index (κ1) is 17.1. The van der Waals surface area contributed by atoms with E-state index in [-0.39, 0.29) is 0 Å². The van der Waals surface area contributed by atoms with Crippen LogP contribution in [0.15, 0.2) is 67.0 Å². The lowest BCUT2D eigenvalue weighted by molar-refractivity contribution is 0.994. The Hall–Kier alpha value is -3.38. The average Bonchev–Trinajstić information content (AvgIpc) is 3.07. The zero-order valence-electron chi connectivity index (χ0n) is 15.4. The summed E-state index contributed by atoms with van der Waals surface area (Å²) in [5.41, 5.74) is 10.2. The Kier molecular flexibility index (Phi) is 4.48. The van der Waals surface area contributed by atoms with Crippen molar-refractivity contribution in [2.24, 2.45) is 5.73 Å². The van der Waals surface area contributed by atoms with Crippen LogP contribution in [0.5, 0.6) is 0 Å². The van der Waals surface area contributed by atoms with Crippen molar-refractivity contribution in [1.82, 2.24) is 14.5 Å². The largest absolute Gasteiger partial charge is 0.378 e. The normalized spacial score (nSPS) is 10.9. The van der Waals surface area contributed by atoms with Crippen molar-refractivity contribution in [3.63, 3.8) is 0 Å². The number of rotatable bonds is 5. The van der Waals surface area contributed by atoms with E-state index in [1.807, 2.05) is 50.6 Å². The molecular weight excluding hydrogens is 336 g/mol. The van der Waals surface area contributed by atoms with E-state index in [9.17, 15) is 0 Å². The van der Waals surface area contributed by atoms with Gasteiger partial charge in [-0.1, -0.05) is 18.2 Å². The molecule has 0 unspecified atom stereocenters. The molecule has 0 aliphatic rings. The van der Waals surface area contributed by atoms with Crippen LogP contribution >= 0.6 is 0 Å². The maximum absolute atomic E-state index is 5.91. The molecule has 2 aromatic carbocycles. The van der Waals surface area contributed by atoms with Crippen molar-refractivity contribution in [2.75, 3.05) is 24.3 Å². The highest BCUT2D eigenvalue weighted by atomic mass is 15.2. The predicted octanol–water partition coefficient (Wildman–Crippen LogP) is 3.69. The number of hydrogen-bond acceptors (Lipinski definition) is 5. The summed E-state index contributed by atoms with van der Waals surface area (Å²) in [4.78, 5) is 11.1. The first-order valence-electron chi connectivity index (χ1n) is 8.82. The molecule has 0 amide bonds. The van der Waals surface area contributed by atoms with Gasteiger partial charge in [0.05, 0.1) is 5.52 Å². The molecule has 0 spiro atoms. The summed E-state index contributed by atoms with van der Waals surface area (Å²) < 4.78 is 2.06. The quantitative estimate of drug-likeness (QED) is 0.569. The number of aromatic nitrogens is 3. The molecule has 0 fully saturated rings. The topological polar surface area (TPSA) is 72.0 Å². The van der Waals surface area contributed by atoms with E-state index in [2.05, 4.69) is 49.0 Å². The Bertz CT molecular complexity index is 1070. The second-order valence-corrected chi connectivity index (χ2v) is 6.55. The SMILES string of the molecule is CN(C)c1ccc(Nc2nccc(-n3cc(CN)c4ccccc43)n2)cc1. The van der Waals surface area contributed by atoms with Gasteiger partial charge in [-0.3, -0.25) is 0 Å². The molecule has 2 aromatic heterocycles. The molecule has 3 N–H and O–H groups in total. The monoisotopic (exact) mass is 358 g/mol. The van der Waals surface area contributed by atoms with Gasteiger partial charge in [-0.2, -0.15) is 4.98 Å². The van der Waals surface area contributed by atoms with Crippen molar-refractivity contribution in [3.8, 4) is 5.82 Å². The predicted molar refractivity (Wildman–Crippen MR) is 111 cm³/mol. The minimum absolute atomic E-state index is 0.488. The lowest BCUT2D eigenvalue weighted by Gasteiger charge is -2.13. The van der Waals surface area contributed by atoms with E-state index >= 15 is 0 Å². The second-order valence-electron chi connectivity index (χ2n) is 6.55. The van der Waals surface area contributed by atoms with Gasteiger partial charge in [-0.15, -0.1) is 0 Å². The van der Waals surface area contributed by atoms with E-state index in [4.69, 9.17) is 5.73 Å². The second kappa shape index (κ2) is 7.09. The van der Waals surface area contributed by atoms with Crippen LogP contribution in [-0.4, -0.2) is 28.6 Å². The van der Waals surface area contributed by atoms with Crippen LogP contribution in [0.1, 0.15) is 5.56 Å². The smallest absolute Gasteiger partial charge is 0.229 e. The Labute approximate surface area is 158 Å². The van der Waals surface area contributed by atoms with E-state index in [0.717, 1.165) is 33.7 Å². The molecule has 0 radical (unpaired) electrons. The Balaban J connectivity index is 1.67. The molecule has 6 nitrogen and oxygen atoms in total. The fraction of sp³-hybridized carbons (Fsp3) is 0.143. The van der Waals surface area contributed by atoms with Crippen LogP contribution in [-0.2, 0) is 6.54 Å². The van der Waals surface area contributed by atoms with Crippen LogP contribution in [0.3, 0.4) is 0 Å². The molecule has 4 rings (SSSR count). The maximum Gasteiger partial charge on any atom is 0.229 e. The first-order valence-corrected chi connectivity index (χ1v) is 8.82. The van der Waals surface area contributed by atoms with Crippen LogP contribution in [0.25, 0.3) is 16.7 Å². The molecule has 0 aliphatic carbocycles. The van der Waals surface area contributed by atoms with Crippen molar-refractivity contribution < 1.29 is 0 Å². The summed E-state index contributed by atoms with van der Waals surface area (Å²) in [6.07, 6.45) is 3.80. The van der Waals surface area contributed by atoms with Crippen LogP contribution in [0.4, 0.5) is 17.3 Å².